The smallest absolute Gasteiger partial charge is 0.282 e. The molecule has 2 rings (SSSR count). The van der Waals surface area contributed by atoms with Gasteiger partial charge >= 0.3 is 0 Å². The lowest BCUT2D eigenvalue weighted by Gasteiger charge is -2.38. The van der Waals surface area contributed by atoms with Crippen molar-refractivity contribution in [2.45, 2.75) is 44.2 Å². The van der Waals surface area contributed by atoms with Crippen LogP contribution < -0.4 is 5.32 Å². The van der Waals surface area contributed by atoms with E-state index in [0.29, 0.717) is 19.7 Å². The standard InChI is InChI=1S/C13H27N3O3S/c1-14-11-13-5-3-4-8-15(13)20(17,18)16(9-10-19-2)12-6-7-12/h12-14H,3-11H2,1-2H3. The van der Waals surface area contributed by atoms with E-state index in [9.17, 15) is 8.42 Å². The van der Waals surface area contributed by atoms with Gasteiger partial charge in [-0.2, -0.15) is 17.0 Å². The van der Waals surface area contributed by atoms with Gasteiger partial charge in [-0.15, -0.1) is 0 Å². The van der Waals surface area contributed by atoms with E-state index in [0.717, 1.165) is 38.6 Å². The molecule has 1 saturated heterocycles. The summed E-state index contributed by atoms with van der Waals surface area (Å²) in [6, 6.07) is 0.273. The van der Waals surface area contributed by atoms with Crippen molar-refractivity contribution in [1.29, 1.82) is 0 Å². The zero-order valence-electron chi connectivity index (χ0n) is 12.5. The van der Waals surface area contributed by atoms with Crippen LogP contribution in [0.5, 0.6) is 0 Å². The van der Waals surface area contributed by atoms with Crippen molar-refractivity contribution in [1.82, 2.24) is 13.9 Å². The van der Waals surface area contributed by atoms with Gasteiger partial charge in [0.1, 0.15) is 0 Å². The van der Waals surface area contributed by atoms with Gasteiger partial charge in [0.05, 0.1) is 6.61 Å². The van der Waals surface area contributed by atoms with Crippen molar-refractivity contribution in [2.24, 2.45) is 0 Å². The van der Waals surface area contributed by atoms with Crippen molar-refractivity contribution >= 4 is 10.2 Å². The quantitative estimate of drug-likeness (QED) is 0.706. The molecule has 2 fully saturated rings. The number of piperidine rings is 1. The Hall–Kier alpha value is -0.210. The highest BCUT2D eigenvalue weighted by atomic mass is 32.2. The van der Waals surface area contributed by atoms with Gasteiger partial charge in [-0.05, 0) is 32.7 Å². The summed E-state index contributed by atoms with van der Waals surface area (Å²) < 4.78 is 34.3. The average molecular weight is 305 g/mol. The molecule has 0 aromatic heterocycles. The van der Waals surface area contributed by atoms with E-state index in [4.69, 9.17) is 4.74 Å². The third kappa shape index (κ3) is 3.71. The van der Waals surface area contributed by atoms with Crippen LogP contribution in [0.4, 0.5) is 0 Å². The first-order valence-corrected chi connectivity index (χ1v) is 8.93. The zero-order valence-corrected chi connectivity index (χ0v) is 13.4. The minimum absolute atomic E-state index is 0.0857. The van der Waals surface area contributed by atoms with Crippen LogP contribution in [-0.4, -0.2) is 69.5 Å². The molecule has 0 aromatic carbocycles. The number of rotatable bonds is 8. The molecule has 0 aromatic rings. The van der Waals surface area contributed by atoms with E-state index in [2.05, 4.69) is 5.32 Å². The molecule has 20 heavy (non-hydrogen) atoms. The van der Waals surface area contributed by atoms with Crippen LogP contribution in [0.25, 0.3) is 0 Å². The molecule has 1 aliphatic carbocycles. The molecule has 0 amide bonds. The Labute approximate surface area is 122 Å². The third-order valence-electron chi connectivity index (χ3n) is 4.08. The van der Waals surface area contributed by atoms with Crippen LogP contribution in [-0.2, 0) is 14.9 Å². The monoisotopic (exact) mass is 305 g/mol. The molecule has 0 radical (unpaired) electrons. The van der Waals surface area contributed by atoms with Gasteiger partial charge in [0.2, 0.25) is 0 Å². The van der Waals surface area contributed by atoms with Crippen LogP contribution in [0.1, 0.15) is 32.1 Å². The van der Waals surface area contributed by atoms with E-state index < -0.39 is 10.2 Å². The Kier molecular flexibility index (Phi) is 5.80. The molecule has 1 atom stereocenters. The molecule has 1 unspecified atom stereocenters. The van der Waals surface area contributed by atoms with E-state index in [1.54, 1.807) is 15.7 Å². The second kappa shape index (κ2) is 7.17. The maximum atomic E-state index is 12.9. The Bertz CT molecular complexity index is 396. The van der Waals surface area contributed by atoms with E-state index >= 15 is 0 Å². The number of hydrogen-bond acceptors (Lipinski definition) is 4. The average Bonchev–Trinajstić information content (AvgIpc) is 3.24. The highest BCUT2D eigenvalue weighted by molar-refractivity contribution is 7.86. The predicted octanol–water partition coefficient (Wildman–Crippen LogP) is 0.416. The lowest BCUT2D eigenvalue weighted by atomic mass is 10.1. The number of hydrogen-bond donors (Lipinski definition) is 1. The van der Waals surface area contributed by atoms with Crippen LogP contribution in [0, 0.1) is 0 Å². The normalized spacial score (nSPS) is 25.2. The van der Waals surface area contributed by atoms with Crippen molar-refractivity contribution in [3.05, 3.63) is 0 Å². The van der Waals surface area contributed by atoms with Crippen LogP contribution >= 0.6 is 0 Å². The summed E-state index contributed by atoms with van der Waals surface area (Å²) >= 11 is 0. The van der Waals surface area contributed by atoms with Gasteiger partial charge in [0.15, 0.2) is 0 Å². The Morgan fingerprint density at radius 1 is 1.30 bits per heavy atom. The van der Waals surface area contributed by atoms with E-state index in [1.807, 2.05) is 7.05 Å². The van der Waals surface area contributed by atoms with Crippen molar-refractivity contribution in [3.63, 3.8) is 0 Å². The van der Waals surface area contributed by atoms with Gasteiger partial charge in [-0.1, -0.05) is 6.42 Å². The summed E-state index contributed by atoms with van der Waals surface area (Å²) in [6.45, 7) is 2.29. The van der Waals surface area contributed by atoms with Gasteiger partial charge in [-0.3, -0.25) is 0 Å². The highest BCUT2D eigenvalue weighted by Gasteiger charge is 2.42. The summed E-state index contributed by atoms with van der Waals surface area (Å²) in [5.74, 6) is 0. The topological polar surface area (TPSA) is 61.9 Å². The lowest BCUT2D eigenvalue weighted by molar-refractivity contribution is 0.167. The fourth-order valence-electron chi connectivity index (χ4n) is 2.88. The fraction of sp³-hybridized carbons (Fsp3) is 1.00. The van der Waals surface area contributed by atoms with Crippen LogP contribution in [0.2, 0.25) is 0 Å². The number of likely N-dealkylation sites (N-methyl/N-ethyl adjacent to an activating group) is 1. The fourth-order valence-corrected chi connectivity index (χ4v) is 4.96. The molecule has 1 N–H and O–H groups in total. The summed E-state index contributed by atoms with van der Waals surface area (Å²) in [5.41, 5.74) is 0. The minimum atomic E-state index is -3.36. The third-order valence-corrected chi connectivity index (χ3v) is 6.22. The summed E-state index contributed by atoms with van der Waals surface area (Å²) in [4.78, 5) is 0. The molecule has 1 saturated carbocycles. The number of ether oxygens (including phenoxy) is 1. The first-order chi connectivity index (χ1) is 9.61. The highest BCUT2D eigenvalue weighted by Crippen LogP contribution is 2.32. The zero-order chi connectivity index (χ0) is 14.6. The maximum absolute atomic E-state index is 12.9. The van der Waals surface area contributed by atoms with E-state index in [1.165, 1.54) is 0 Å². The van der Waals surface area contributed by atoms with Crippen molar-refractivity contribution in [3.8, 4) is 0 Å². The van der Waals surface area contributed by atoms with Crippen molar-refractivity contribution in [2.75, 3.05) is 40.4 Å². The molecule has 0 spiro atoms. The second-order valence-corrected chi connectivity index (χ2v) is 7.49. The molecule has 1 heterocycles. The first kappa shape index (κ1) is 16.2. The Morgan fingerprint density at radius 3 is 2.65 bits per heavy atom. The van der Waals surface area contributed by atoms with Crippen LogP contribution in [0.3, 0.4) is 0 Å². The SMILES string of the molecule is CNCC1CCCCN1S(=O)(=O)N(CCOC)C1CC1. The molecule has 7 heteroatoms. The van der Waals surface area contributed by atoms with Gasteiger partial charge in [-0.25, -0.2) is 0 Å². The number of methoxy groups -OCH3 is 1. The first-order valence-electron chi connectivity index (χ1n) is 7.53. The van der Waals surface area contributed by atoms with E-state index in [-0.39, 0.29) is 12.1 Å². The van der Waals surface area contributed by atoms with Gasteiger partial charge in [0.25, 0.3) is 10.2 Å². The molecule has 2 aliphatic rings. The van der Waals surface area contributed by atoms with Crippen molar-refractivity contribution < 1.29 is 13.2 Å². The van der Waals surface area contributed by atoms with Gasteiger partial charge < -0.3 is 10.1 Å². The van der Waals surface area contributed by atoms with Gasteiger partial charge in [0, 0.05) is 38.8 Å². The number of nitrogens with one attached hydrogen (secondary N) is 1. The molecule has 1 aliphatic heterocycles. The number of nitrogens with zero attached hydrogens (tertiary/aromatic N) is 2. The lowest BCUT2D eigenvalue weighted by Crippen LogP contribution is -2.54. The maximum Gasteiger partial charge on any atom is 0.282 e. The Morgan fingerprint density at radius 2 is 2.05 bits per heavy atom. The molecular weight excluding hydrogens is 278 g/mol. The summed E-state index contributed by atoms with van der Waals surface area (Å²) in [6.07, 6.45) is 4.98. The summed E-state index contributed by atoms with van der Waals surface area (Å²) in [5, 5.41) is 3.12. The summed E-state index contributed by atoms with van der Waals surface area (Å²) in [7, 11) is 0.134. The molecule has 118 valence electrons. The van der Waals surface area contributed by atoms with Crippen LogP contribution in [0.15, 0.2) is 0 Å². The molecule has 0 bridgehead atoms. The molecule has 6 nitrogen and oxygen atoms in total. The molecular formula is C13H27N3O3S. The predicted molar refractivity (Wildman–Crippen MR) is 78.8 cm³/mol. The minimum Gasteiger partial charge on any atom is -0.383 e. The second-order valence-electron chi connectivity index (χ2n) is 5.66. The Balaban J connectivity index is 2.12. The largest absolute Gasteiger partial charge is 0.383 e.